The van der Waals surface area contributed by atoms with Crippen molar-refractivity contribution in [2.75, 3.05) is 49.5 Å². The Hall–Kier alpha value is -2.81. The summed E-state index contributed by atoms with van der Waals surface area (Å²) in [4.78, 5) is 42.5. The number of benzene rings is 2. The number of carboxylic acid groups (broad SMARTS) is 1. The number of carbonyl (C=O) groups excluding carboxylic acids is 2. The van der Waals surface area contributed by atoms with Gasteiger partial charge >= 0.3 is 5.97 Å². The fourth-order valence-corrected chi connectivity index (χ4v) is 5.67. The minimum atomic E-state index is -0.923. The highest BCUT2D eigenvalue weighted by Crippen LogP contribution is 2.30. The molecule has 0 atom stereocenters. The van der Waals surface area contributed by atoms with Gasteiger partial charge in [-0.1, -0.05) is 23.2 Å². The van der Waals surface area contributed by atoms with Gasteiger partial charge in [0.1, 0.15) is 0 Å². The maximum absolute atomic E-state index is 13.6. The summed E-state index contributed by atoms with van der Waals surface area (Å²) in [6.07, 6.45) is 4.13. The van der Waals surface area contributed by atoms with Crippen molar-refractivity contribution in [3.63, 3.8) is 0 Å². The van der Waals surface area contributed by atoms with Gasteiger partial charge < -0.3 is 25.1 Å². The Labute approximate surface area is 239 Å². The third-order valence-electron chi connectivity index (χ3n) is 7.72. The number of rotatable bonds is 9. The van der Waals surface area contributed by atoms with Crippen molar-refractivity contribution in [1.29, 1.82) is 0 Å². The van der Waals surface area contributed by atoms with Crippen LogP contribution in [0.25, 0.3) is 0 Å². The van der Waals surface area contributed by atoms with Crippen LogP contribution in [0.4, 0.5) is 11.4 Å². The second-order valence-corrected chi connectivity index (χ2v) is 11.2. The molecule has 2 aromatic rings. The molecular formula is C29H36Cl2N4O4. The van der Waals surface area contributed by atoms with Crippen LogP contribution in [0, 0.1) is 5.92 Å². The molecule has 0 aliphatic carbocycles. The second-order valence-electron chi connectivity index (χ2n) is 10.4. The molecule has 0 spiro atoms. The van der Waals surface area contributed by atoms with Gasteiger partial charge in [-0.2, -0.15) is 0 Å². The summed E-state index contributed by atoms with van der Waals surface area (Å²) < 4.78 is 0. The van der Waals surface area contributed by atoms with Crippen molar-refractivity contribution in [3.8, 4) is 0 Å². The second kappa shape index (κ2) is 13.5. The number of likely N-dealkylation sites (tertiary alicyclic amines) is 2. The number of nitrogens with zero attached hydrogens (tertiary/aromatic N) is 3. The summed E-state index contributed by atoms with van der Waals surface area (Å²) in [5.41, 5.74) is 1.97. The molecule has 4 rings (SSSR count). The number of carbonyl (C=O) groups is 3. The van der Waals surface area contributed by atoms with Gasteiger partial charge in [0.25, 0.3) is 0 Å². The third-order valence-corrected chi connectivity index (χ3v) is 8.46. The molecule has 2 fully saturated rings. The summed E-state index contributed by atoms with van der Waals surface area (Å²) in [6, 6.07) is 12.5. The van der Waals surface area contributed by atoms with Gasteiger partial charge in [-0.25, -0.2) is 4.79 Å². The maximum Gasteiger partial charge on any atom is 0.335 e. The van der Waals surface area contributed by atoms with Crippen molar-refractivity contribution < 1.29 is 19.5 Å². The average molecular weight is 576 g/mol. The summed E-state index contributed by atoms with van der Waals surface area (Å²) in [5, 5.41) is 13.5. The van der Waals surface area contributed by atoms with Crippen molar-refractivity contribution in [3.05, 3.63) is 58.1 Å². The first-order valence-electron chi connectivity index (χ1n) is 13.6. The predicted octanol–water partition coefficient (Wildman–Crippen LogP) is 5.25. The van der Waals surface area contributed by atoms with Crippen LogP contribution in [0.15, 0.2) is 42.5 Å². The molecule has 2 aromatic carbocycles. The number of anilines is 2. The van der Waals surface area contributed by atoms with E-state index in [9.17, 15) is 14.4 Å². The molecule has 2 aliphatic rings. The molecule has 2 amide bonds. The van der Waals surface area contributed by atoms with Gasteiger partial charge in [-0.15, -0.1) is 0 Å². The molecule has 2 saturated heterocycles. The van der Waals surface area contributed by atoms with Gasteiger partial charge in [0, 0.05) is 63.0 Å². The molecular weight excluding hydrogens is 539 g/mol. The van der Waals surface area contributed by atoms with Crippen molar-refractivity contribution >= 4 is 52.4 Å². The van der Waals surface area contributed by atoms with Crippen LogP contribution in [0.5, 0.6) is 0 Å². The van der Waals surface area contributed by atoms with Gasteiger partial charge in [-0.05, 0) is 81.1 Å². The van der Waals surface area contributed by atoms with E-state index in [0.29, 0.717) is 48.6 Å². The highest BCUT2D eigenvalue weighted by atomic mass is 35.5. The number of nitrogens with one attached hydrogen (secondary N) is 1. The Kier molecular flexibility index (Phi) is 10.1. The molecule has 0 unspecified atom stereocenters. The van der Waals surface area contributed by atoms with Crippen LogP contribution < -0.4 is 10.2 Å². The lowest BCUT2D eigenvalue weighted by Crippen LogP contribution is -2.45. The van der Waals surface area contributed by atoms with Crippen LogP contribution in [0.1, 0.15) is 49.4 Å². The van der Waals surface area contributed by atoms with Crippen molar-refractivity contribution in [2.45, 2.75) is 45.1 Å². The Bertz CT molecular complexity index is 1160. The maximum atomic E-state index is 13.6. The standard InChI is InChI=1S/C29H36Cl2N4O4/c1-20(36)34-17-9-21(10-18-34)28(37)35(25-7-8-26(30)27(31)19-25)14-2-13-33-15-11-24(12-16-33)32-23-5-3-22(4-6-23)29(38)39/h3-8,19,21,24,32H,2,9-18H2,1H3,(H,38,39). The topological polar surface area (TPSA) is 93.2 Å². The zero-order valence-electron chi connectivity index (χ0n) is 22.2. The molecule has 210 valence electrons. The van der Waals surface area contributed by atoms with Gasteiger partial charge in [0.05, 0.1) is 15.6 Å². The monoisotopic (exact) mass is 574 g/mol. The minimum Gasteiger partial charge on any atom is -0.478 e. The summed E-state index contributed by atoms with van der Waals surface area (Å²) in [7, 11) is 0. The van der Waals surface area contributed by atoms with Crippen LogP contribution in [0.2, 0.25) is 10.0 Å². The molecule has 2 heterocycles. The van der Waals surface area contributed by atoms with E-state index in [0.717, 1.165) is 50.3 Å². The molecule has 8 nitrogen and oxygen atoms in total. The summed E-state index contributed by atoms with van der Waals surface area (Å²) >= 11 is 12.4. The molecule has 0 radical (unpaired) electrons. The smallest absolute Gasteiger partial charge is 0.335 e. The number of carboxylic acids is 1. The van der Waals surface area contributed by atoms with E-state index in [1.165, 1.54) is 0 Å². The normalized spacial score (nSPS) is 17.2. The van der Waals surface area contributed by atoms with E-state index < -0.39 is 5.97 Å². The van der Waals surface area contributed by atoms with E-state index in [2.05, 4.69) is 10.2 Å². The van der Waals surface area contributed by atoms with Crippen LogP contribution in [-0.2, 0) is 9.59 Å². The van der Waals surface area contributed by atoms with Gasteiger partial charge in [0.2, 0.25) is 11.8 Å². The van der Waals surface area contributed by atoms with E-state index >= 15 is 0 Å². The Balaban J connectivity index is 1.29. The molecule has 0 bridgehead atoms. The lowest BCUT2D eigenvalue weighted by atomic mass is 9.94. The number of piperidine rings is 2. The highest BCUT2D eigenvalue weighted by Gasteiger charge is 2.30. The van der Waals surface area contributed by atoms with Crippen LogP contribution in [0.3, 0.4) is 0 Å². The molecule has 0 saturated carbocycles. The number of hydrogen-bond donors (Lipinski definition) is 2. The number of aromatic carboxylic acids is 1. The molecule has 0 aromatic heterocycles. The average Bonchev–Trinajstić information content (AvgIpc) is 2.93. The lowest BCUT2D eigenvalue weighted by molar-refractivity contribution is -0.133. The van der Waals surface area contributed by atoms with Crippen molar-refractivity contribution in [1.82, 2.24) is 9.80 Å². The number of amides is 2. The highest BCUT2D eigenvalue weighted by molar-refractivity contribution is 6.42. The molecule has 2 N–H and O–H groups in total. The van der Waals surface area contributed by atoms with E-state index in [1.807, 2.05) is 23.1 Å². The first-order chi connectivity index (χ1) is 18.7. The lowest BCUT2D eigenvalue weighted by Gasteiger charge is -2.35. The van der Waals surface area contributed by atoms with Gasteiger partial charge in [-0.3, -0.25) is 9.59 Å². The molecule has 10 heteroatoms. The molecule has 2 aliphatic heterocycles. The fraction of sp³-hybridized carbons (Fsp3) is 0.483. The third kappa shape index (κ3) is 7.87. The predicted molar refractivity (Wildman–Crippen MR) is 155 cm³/mol. The van der Waals surface area contributed by atoms with E-state index in [4.69, 9.17) is 28.3 Å². The fourth-order valence-electron chi connectivity index (χ4n) is 5.38. The minimum absolute atomic E-state index is 0.0531. The summed E-state index contributed by atoms with van der Waals surface area (Å²) in [5.74, 6) is -0.917. The Morgan fingerprint density at radius 3 is 2.21 bits per heavy atom. The quantitative estimate of drug-likeness (QED) is 0.425. The zero-order valence-corrected chi connectivity index (χ0v) is 23.8. The zero-order chi connectivity index (χ0) is 27.9. The van der Waals surface area contributed by atoms with Gasteiger partial charge in [0.15, 0.2) is 0 Å². The van der Waals surface area contributed by atoms with E-state index in [-0.39, 0.29) is 23.3 Å². The first-order valence-corrected chi connectivity index (χ1v) is 14.3. The van der Waals surface area contributed by atoms with Crippen LogP contribution >= 0.6 is 23.2 Å². The number of halogens is 2. The summed E-state index contributed by atoms with van der Waals surface area (Å²) in [6.45, 7) is 6.15. The molecule has 39 heavy (non-hydrogen) atoms. The number of hydrogen-bond acceptors (Lipinski definition) is 5. The Morgan fingerprint density at radius 1 is 0.949 bits per heavy atom. The van der Waals surface area contributed by atoms with E-state index in [1.54, 1.807) is 36.1 Å². The SMILES string of the molecule is CC(=O)N1CCC(C(=O)N(CCCN2CCC(Nc3ccc(C(=O)O)cc3)CC2)c2ccc(Cl)c(Cl)c2)CC1. The largest absolute Gasteiger partial charge is 0.478 e. The van der Waals surface area contributed by atoms with Crippen molar-refractivity contribution in [2.24, 2.45) is 5.92 Å². The first kappa shape index (κ1) is 29.2. The Morgan fingerprint density at radius 2 is 1.62 bits per heavy atom. The van der Waals surface area contributed by atoms with Crippen LogP contribution in [-0.4, -0.2) is 78.0 Å².